The smallest absolute Gasteiger partial charge is 0.0465 e. The summed E-state index contributed by atoms with van der Waals surface area (Å²) in [6, 6.07) is 0. The van der Waals surface area contributed by atoms with E-state index in [0.717, 1.165) is 19.3 Å². The standard InChI is InChI=1S/C9H16O/c1-2-3-4-5-6-7-8-9-10/h2,6-7,10H,1,3-5,8-9H2. The van der Waals surface area contributed by atoms with Gasteiger partial charge >= 0.3 is 0 Å². The molecule has 0 bridgehead atoms. The van der Waals surface area contributed by atoms with Gasteiger partial charge in [0.15, 0.2) is 0 Å². The highest BCUT2D eigenvalue weighted by molar-refractivity contribution is 4.82. The normalized spacial score (nSPS) is 10.5. The highest BCUT2D eigenvalue weighted by atomic mass is 16.2. The summed E-state index contributed by atoms with van der Waals surface area (Å²) in [7, 11) is 0. The van der Waals surface area contributed by atoms with E-state index in [1.807, 2.05) is 12.2 Å². The first-order valence-electron chi connectivity index (χ1n) is 3.78. The Labute approximate surface area is 63.1 Å². The SMILES string of the molecule is C=CCCCC=CCCO. The molecule has 0 saturated heterocycles. The van der Waals surface area contributed by atoms with Crippen LogP contribution >= 0.6 is 0 Å². The largest absolute Gasteiger partial charge is 0.396 e. The Kier molecular flexibility index (Phi) is 7.97. The van der Waals surface area contributed by atoms with Crippen molar-refractivity contribution < 1.29 is 5.11 Å². The molecule has 0 rings (SSSR count). The highest BCUT2D eigenvalue weighted by Crippen LogP contribution is 1.96. The van der Waals surface area contributed by atoms with Gasteiger partial charge in [0.2, 0.25) is 0 Å². The number of hydrogen-bond donors (Lipinski definition) is 1. The molecule has 10 heavy (non-hydrogen) atoms. The Morgan fingerprint density at radius 3 is 2.40 bits per heavy atom. The van der Waals surface area contributed by atoms with E-state index in [4.69, 9.17) is 5.11 Å². The molecule has 0 fully saturated rings. The maximum Gasteiger partial charge on any atom is 0.0465 e. The van der Waals surface area contributed by atoms with Crippen LogP contribution in [0.4, 0.5) is 0 Å². The fraction of sp³-hybridized carbons (Fsp3) is 0.556. The van der Waals surface area contributed by atoms with Gasteiger partial charge in [-0.3, -0.25) is 0 Å². The molecule has 0 amide bonds. The average molecular weight is 140 g/mol. The summed E-state index contributed by atoms with van der Waals surface area (Å²) < 4.78 is 0. The number of aliphatic hydroxyl groups is 1. The summed E-state index contributed by atoms with van der Waals surface area (Å²) in [6.45, 7) is 3.89. The first-order valence-corrected chi connectivity index (χ1v) is 3.78. The van der Waals surface area contributed by atoms with Gasteiger partial charge in [-0.05, 0) is 25.7 Å². The molecule has 1 nitrogen and oxygen atoms in total. The zero-order chi connectivity index (χ0) is 7.66. The Hall–Kier alpha value is -0.560. The second-order valence-electron chi connectivity index (χ2n) is 2.20. The summed E-state index contributed by atoms with van der Waals surface area (Å²) >= 11 is 0. The van der Waals surface area contributed by atoms with Crippen LogP contribution in [0.25, 0.3) is 0 Å². The van der Waals surface area contributed by atoms with Crippen LogP contribution in [-0.4, -0.2) is 11.7 Å². The Morgan fingerprint density at radius 2 is 1.80 bits per heavy atom. The topological polar surface area (TPSA) is 20.2 Å². The Balaban J connectivity index is 2.94. The van der Waals surface area contributed by atoms with E-state index in [0.29, 0.717) is 0 Å². The minimum Gasteiger partial charge on any atom is -0.396 e. The third-order valence-electron chi connectivity index (χ3n) is 1.24. The zero-order valence-corrected chi connectivity index (χ0v) is 6.42. The molecule has 0 spiro atoms. The summed E-state index contributed by atoms with van der Waals surface area (Å²) in [6.07, 6.45) is 10.2. The van der Waals surface area contributed by atoms with E-state index >= 15 is 0 Å². The van der Waals surface area contributed by atoms with E-state index in [1.54, 1.807) is 0 Å². The molecular formula is C9H16O. The predicted octanol–water partition coefficient (Wildman–Crippen LogP) is 2.28. The van der Waals surface area contributed by atoms with Gasteiger partial charge in [-0.15, -0.1) is 6.58 Å². The average Bonchev–Trinajstić information content (AvgIpc) is 1.97. The molecular weight excluding hydrogens is 124 g/mol. The fourth-order valence-corrected chi connectivity index (χ4v) is 0.690. The summed E-state index contributed by atoms with van der Waals surface area (Å²) in [5.41, 5.74) is 0. The Morgan fingerprint density at radius 1 is 1.10 bits per heavy atom. The second kappa shape index (κ2) is 8.44. The molecule has 0 aliphatic rings. The second-order valence-corrected chi connectivity index (χ2v) is 2.20. The predicted molar refractivity (Wildman–Crippen MR) is 44.9 cm³/mol. The van der Waals surface area contributed by atoms with E-state index in [1.165, 1.54) is 6.42 Å². The number of hydrogen-bond acceptors (Lipinski definition) is 1. The lowest BCUT2D eigenvalue weighted by Crippen LogP contribution is -1.75. The highest BCUT2D eigenvalue weighted by Gasteiger charge is 1.78. The van der Waals surface area contributed by atoms with Gasteiger partial charge in [-0.25, -0.2) is 0 Å². The van der Waals surface area contributed by atoms with Crippen LogP contribution in [0.1, 0.15) is 25.7 Å². The first kappa shape index (κ1) is 9.44. The molecule has 0 aromatic carbocycles. The minimum absolute atomic E-state index is 0.262. The molecule has 0 atom stereocenters. The monoisotopic (exact) mass is 140 g/mol. The molecule has 0 heterocycles. The van der Waals surface area contributed by atoms with Crippen molar-refractivity contribution in [3.63, 3.8) is 0 Å². The molecule has 0 saturated carbocycles. The maximum atomic E-state index is 8.40. The summed E-state index contributed by atoms with van der Waals surface area (Å²) in [5.74, 6) is 0. The van der Waals surface area contributed by atoms with E-state index in [2.05, 4.69) is 12.7 Å². The van der Waals surface area contributed by atoms with Crippen molar-refractivity contribution >= 4 is 0 Å². The number of unbranched alkanes of at least 4 members (excludes halogenated alkanes) is 2. The molecule has 0 aromatic rings. The molecule has 0 unspecified atom stereocenters. The first-order chi connectivity index (χ1) is 4.91. The van der Waals surface area contributed by atoms with Gasteiger partial charge in [0.05, 0.1) is 0 Å². The van der Waals surface area contributed by atoms with Crippen molar-refractivity contribution in [3.05, 3.63) is 24.8 Å². The van der Waals surface area contributed by atoms with Crippen LogP contribution in [0.5, 0.6) is 0 Å². The maximum absolute atomic E-state index is 8.40. The van der Waals surface area contributed by atoms with Crippen LogP contribution in [-0.2, 0) is 0 Å². The lowest BCUT2D eigenvalue weighted by molar-refractivity contribution is 0.302. The third kappa shape index (κ3) is 7.44. The van der Waals surface area contributed by atoms with Gasteiger partial charge in [0.1, 0.15) is 0 Å². The molecule has 1 N–H and O–H groups in total. The summed E-state index contributed by atoms with van der Waals surface area (Å²) in [5, 5.41) is 8.40. The number of rotatable bonds is 6. The van der Waals surface area contributed by atoms with Crippen LogP contribution in [0.15, 0.2) is 24.8 Å². The van der Waals surface area contributed by atoms with E-state index in [-0.39, 0.29) is 6.61 Å². The lowest BCUT2D eigenvalue weighted by atomic mass is 10.2. The van der Waals surface area contributed by atoms with Gasteiger partial charge in [0, 0.05) is 6.61 Å². The van der Waals surface area contributed by atoms with Crippen molar-refractivity contribution in [2.24, 2.45) is 0 Å². The van der Waals surface area contributed by atoms with Crippen molar-refractivity contribution in [1.82, 2.24) is 0 Å². The lowest BCUT2D eigenvalue weighted by Gasteiger charge is -1.88. The molecule has 1 heteroatoms. The van der Waals surface area contributed by atoms with Gasteiger partial charge in [-0.1, -0.05) is 18.2 Å². The third-order valence-corrected chi connectivity index (χ3v) is 1.24. The molecule has 0 aliphatic carbocycles. The van der Waals surface area contributed by atoms with Crippen molar-refractivity contribution in [3.8, 4) is 0 Å². The van der Waals surface area contributed by atoms with Gasteiger partial charge in [-0.2, -0.15) is 0 Å². The molecule has 0 aliphatic heterocycles. The van der Waals surface area contributed by atoms with Crippen LogP contribution < -0.4 is 0 Å². The molecule has 58 valence electrons. The molecule has 0 radical (unpaired) electrons. The van der Waals surface area contributed by atoms with Crippen LogP contribution in [0.3, 0.4) is 0 Å². The van der Waals surface area contributed by atoms with Crippen LogP contribution in [0, 0.1) is 0 Å². The fourth-order valence-electron chi connectivity index (χ4n) is 0.690. The summed E-state index contributed by atoms with van der Waals surface area (Å²) in [4.78, 5) is 0. The van der Waals surface area contributed by atoms with Gasteiger partial charge in [0.25, 0.3) is 0 Å². The van der Waals surface area contributed by atoms with Crippen LogP contribution in [0.2, 0.25) is 0 Å². The molecule has 0 aromatic heterocycles. The minimum atomic E-state index is 0.262. The van der Waals surface area contributed by atoms with E-state index in [9.17, 15) is 0 Å². The Bertz CT molecular complexity index is 94.9. The van der Waals surface area contributed by atoms with Crippen molar-refractivity contribution in [2.75, 3.05) is 6.61 Å². The van der Waals surface area contributed by atoms with Crippen molar-refractivity contribution in [1.29, 1.82) is 0 Å². The van der Waals surface area contributed by atoms with E-state index < -0.39 is 0 Å². The van der Waals surface area contributed by atoms with Gasteiger partial charge < -0.3 is 5.11 Å². The number of aliphatic hydroxyl groups excluding tert-OH is 1. The number of allylic oxidation sites excluding steroid dienone is 2. The van der Waals surface area contributed by atoms with Crippen molar-refractivity contribution in [2.45, 2.75) is 25.7 Å². The zero-order valence-electron chi connectivity index (χ0n) is 6.42. The quantitative estimate of drug-likeness (QED) is 0.443.